The van der Waals surface area contributed by atoms with Crippen molar-refractivity contribution in [3.8, 4) is 0 Å². The second kappa shape index (κ2) is 6.62. The van der Waals surface area contributed by atoms with E-state index in [9.17, 15) is 10.2 Å². The summed E-state index contributed by atoms with van der Waals surface area (Å²) in [6.45, 7) is 0. The van der Waals surface area contributed by atoms with Gasteiger partial charge in [0.05, 0.1) is 12.3 Å². The van der Waals surface area contributed by atoms with E-state index in [0.29, 0.717) is 22.9 Å². The van der Waals surface area contributed by atoms with Crippen molar-refractivity contribution in [1.29, 1.82) is 0 Å². The molecule has 0 aromatic heterocycles. The number of alkyl halides is 1. The molecule has 0 saturated carbocycles. The Hall–Kier alpha value is -0.910. The predicted octanol–water partition coefficient (Wildman–Crippen LogP) is 1.67. The molecule has 1 aromatic rings. The fourth-order valence-electron chi connectivity index (χ4n) is 1.38. The van der Waals surface area contributed by atoms with Crippen molar-refractivity contribution in [1.82, 2.24) is 0 Å². The van der Waals surface area contributed by atoms with Gasteiger partial charge in [0, 0.05) is 5.33 Å². The molecular weight excluding hydrogens is 274 g/mol. The minimum atomic E-state index is -0.926. The van der Waals surface area contributed by atoms with Crippen molar-refractivity contribution in [2.24, 2.45) is 5.16 Å². The zero-order valence-corrected chi connectivity index (χ0v) is 10.2. The largest absolute Gasteiger partial charge is 0.411 e. The summed E-state index contributed by atoms with van der Waals surface area (Å²) in [4.78, 5) is 0. The minimum Gasteiger partial charge on any atom is -0.411 e. The Balaban J connectivity index is 2.82. The highest BCUT2D eigenvalue weighted by Gasteiger charge is 2.17. The van der Waals surface area contributed by atoms with Crippen LogP contribution in [-0.4, -0.2) is 33.1 Å². The molecule has 0 aliphatic heterocycles. The molecule has 2 atom stereocenters. The Bertz CT molecular complexity index is 357. The molecule has 3 N–H and O–H groups in total. The Morgan fingerprint density at radius 2 is 2.12 bits per heavy atom. The Morgan fingerprint density at radius 3 is 2.75 bits per heavy atom. The zero-order valence-electron chi connectivity index (χ0n) is 8.62. The fourth-order valence-corrected chi connectivity index (χ4v) is 1.85. The van der Waals surface area contributed by atoms with Gasteiger partial charge in [0.25, 0.3) is 0 Å². The van der Waals surface area contributed by atoms with E-state index in [1.165, 1.54) is 6.21 Å². The molecule has 0 amide bonds. The van der Waals surface area contributed by atoms with E-state index in [1.807, 2.05) is 0 Å². The van der Waals surface area contributed by atoms with Crippen molar-refractivity contribution < 1.29 is 15.4 Å². The molecule has 1 aromatic carbocycles. The molecule has 2 unspecified atom stereocenters. The first-order valence-electron chi connectivity index (χ1n) is 4.88. The average molecular weight is 288 g/mol. The lowest BCUT2D eigenvalue weighted by Crippen LogP contribution is -2.18. The molecule has 4 nitrogen and oxygen atoms in total. The van der Waals surface area contributed by atoms with Crippen molar-refractivity contribution in [2.45, 2.75) is 18.6 Å². The van der Waals surface area contributed by atoms with Crippen LogP contribution in [0.15, 0.2) is 29.4 Å². The van der Waals surface area contributed by atoms with Gasteiger partial charge in [-0.3, -0.25) is 0 Å². The Kier molecular flexibility index (Phi) is 5.45. The van der Waals surface area contributed by atoms with E-state index in [1.54, 1.807) is 24.3 Å². The second-order valence-corrected chi connectivity index (χ2v) is 4.20. The summed E-state index contributed by atoms with van der Waals surface area (Å²) in [6.07, 6.45) is 0.0114. The fraction of sp³-hybridized carbons (Fsp3) is 0.364. The van der Waals surface area contributed by atoms with Crippen LogP contribution in [0.3, 0.4) is 0 Å². The van der Waals surface area contributed by atoms with E-state index in [4.69, 9.17) is 5.21 Å². The first-order chi connectivity index (χ1) is 7.69. The first-order valence-corrected chi connectivity index (χ1v) is 6.00. The Morgan fingerprint density at radius 1 is 1.38 bits per heavy atom. The van der Waals surface area contributed by atoms with E-state index >= 15 is 0 Å². The van der Waals surface area contributed by atoms with Gasteiger partial charge in [0.15, 0.2) is 0 Å². The molecule has 16 heavy (non-hydrogen) atoms. The highest BCUT2D eigenvalue weighted by Crippen LogP contribution is 2.20. The number of hydrogen-bond acceptors (Lipinski definition) is 4. The molecule has 0 radical (unpaired) electrons. The lowest BCUT2D eigenvalue weighted by Gasteiger charge is -2.17. The summed E-state index contributed by atoms with van der Waals surface area (Å²) in [5.74, 6) is 0. The van der Waals surface area contributed by atoms with Crippen LogP contribution in [0.4, 0.5) is 0 Å². The number of benzene rings is 1. The molecule has 0 bridgehead atoms. The maximum absolute atomic E-state index is 9.83. The summed E-state index contributed by atoms with van der Waals surface area (Å²) in [6, 6.07) is 6.86. The molecular formula is C11H14BrNO3. The van der Waals surface area contributed by atoms with Gasteiger partial charge < -0.3 is 15.4 Å². The number of hydrogen-bond donors (Lipinski definition) is 3. The Labute approximate surface area is 102 Å². The van der Waals surface area contributed by atoms with Gasteiger partial charge in [-0.25, -0.2) is 0 Å². The predicted molar refractivity (Wildman–Crippen MR) is 65.2 cm³/mol. The van der Waals surface area contributed by atoms with Crippen molar-refractivity contribution in [3.63, 3.8) is 0 Å². The summed E-state index contributed by atoms with van der Waals surface area (Å²) >= 11 is 3.20. The molecule has 1 rings (SSSR count). The molecule has 0 heterocycles. The SMILES string of the molecule is ON=Cc1cccc(C(O)C(O)CCBr)c1. The topological polar surface area (TPSA) is 73.1 Å². The van der Waals surface area contributed by atoms with Gasteiger partial charge in [0.1, 0.15) is 6.10 Å². The van der Waals surface area contributed by atoms with Gasteiger partial charge in [-0.15, -0.1) is 0 Å². The third kappa shape index (κ3) is 3.59. The van der Waals surface area contributed by atoms with Crippen LogP contribution in [0.1, 0.15) is 23.7 Å². The normalized spacial score (nSPS) is 15.2. The van der Waals surface area contributed by atoms with Crippen LogP contribution in [0, 0.1) is 0 Å². The maximum atomic E-state index is 9.83. The number of halogens is 1. The lowest BCUT2D eigenvalue weighted by molar-refractivity contribution is 0.0173. The van der Waals surface area contributed by atoms with E-state index in [2.05, 4.69) is 21.1 Å². The van der Waals surface area contributed by atoms with Crippen molar-refractivity contribution in [3.05, 3.63) is 35.4 Å². The zero-order chi connectivity index (χ0) is 12.0. The van der Waals surface area contributed by atoms with Crippen LogP contribution in [0.25, 0.3) is 0 Å². The van der Waals surface area contributed by atoms with Crippen LogP contribution in [0.5, 0.6) is 0 Å². The first kappa shape index (κ1) is 13.2. The van der Waals surface area contributed by atoms with Gasteiger partial charge >= 0.3 is 0 Å². The van der Waals surface area contributed by atoms with Crippen LogP contribution < -0.4 is 0 Å². The number of rotatable bonds is 5. The van der Waals surface area contributed by atoms with Crippen LogP contribution in [-0.2, 0) is 0 Å². The number of nitrogens with zero attached hydrogens (tertiary/aromatic N) is 1. The highest BCUT2D eigenvalue weighted by molar-refractivity contribution is 9.09. The minimum absolute atomic E-state index is 0.472. The molecule has 0 saturated heterocycles. The summed E-state index contributed by atoms with van der Waals surface area (Å²) in [7, 11) is 0. The van der Waals surface area contributed by atoms with E-state index in [-0.39, 0.29) is 0 Å². The molecule has 88 valence electrons. The van der Waals surface area contributed by atoms with Crippen LogP contribution in [0.2, 0.25) is 0 Å². The molecule has 0 spiro atoms. The molecule has 0 fully saturated rings. The van der Waals surface area contributed by atoms with Gasteiger partial charge in [-0.05, 0) is 23.6 Å². The summed E-state index contributed by atoms with van der Waals surface area (Å²) in [5, 5.41) is 31.4. The number of aliphatic hydroxyl groups is 2. The number of aliphatic hydroxyl groups excluding tert-OH is 2. The van der Waals surface area contributed by atoms with Crippen LogP contribution >= 0.6 is 15.9 Å². The van der Waals surface area contributed by atoms with Crippen molar-refractivity contribution in [2.75, 3.05) is 5.33 Å². The smallest absolute Gasteiger partial charge is 0.105 e. The van der Waals surface area contributed by atoms with Gasteiger partial charge in [0.2, 0.25) is 0 Å². The lowest BCUT2D eigenvalue weighted by atomic mass is 10.0. The van der Waals surface area contributed by atoms with E-state index in [0.717, 1.165) is 0 Å². The second-order valence-electron chi connectivity index (χ2n) is 3.40. The highest BCUT2D eigenvalue weighted by atomic mass is 79.9. The van der Waals surface area contributed by atoms with Gasteiger partial charge in [-0.1, -0.05) is 39.3 Å². The summed E-state index contributed by atoms with van der Waals surface area (Å²) < 4.78 is 0. The average Bonchev–Trinajstić information content (AvgIpc) is 2.29. The van der Waals surface area contributed by atoms with Crippen molar-refractivity contribution >= 4 is 22.1 Å². The molecule has 0 aliphatic carbocycles. The molecule has 5 heteroatoms. The molecule has 0 aliphatic rings. The maximum Gasteiger partial charge on any atom is 0.105 e. The third-order valence-corrected chi connectivity index (χ3v) is 2.69. The third-order valence-electron chi connectivity index (χ3n) is 2.23. The van der Waals surface area contributed by atoms with E-state index < -0.39 is 12.2 Å². The quantitative estimate of drug-likeness (QED) is 0.334. The van der Waals surface area contributed by atoms with Gasteiger partial charge in [-0.2, -0.15) is 0 Å². The monoisotopic (exact) mass is 287 g/mol. The summed E-state index contributed by atoms with van der Waals surface area (Å²) in [5.41, 5.74) is 1.27. The standard InChI is InChI=1S/C11H14BrNO3/c12-5-4-10(14)11(15)9-3-1-2-8(6-9)7-13-16/h1-3,6-7,10-11,14-16H,4-5H2. The number of oxime groups is 1.